The third-order valence-electron chi connectivity index (χ3n) is 3.98. The molecule has 1 aromatic rings. The van der Waals surface area contributed by atoms with E-state index in [1.54, 1.807) is 18.2 Å². The molecular weight excluding hydrogens is 294 g/mol. The van der Waals surface area contributed by atoms with E-state index >= 15 is 0 Å². The highest BCUT2D eigenvalue weighted by atomic mass is 16.5. The van der Waals surface area contributed by atoms with Crippen molar-refractivity contribution in [3.8, 4) is 5.75 Å². The lowest BCUT2D eigenvalue weighted by molar-refractivity contribution is -0.136. The maximum Gasteiger partial charge on any atom is 0.307 e. The Bertz CT molecular complexity index is 556. The average molecular weight is 319 g/mol. The number of amides is 1. The van der Waals surface area contributed by atoms with E-state index in [9.17, 15) is 9.59 Å². The van der Waals surface area contributed by atoms with Crippen molar-refractivity contribution < 1.29 is 19.4 Å². The third-order valence-corrected chi connectivity index (χ3v) is 3.98. The van der Waals surface area contributed by atoms with E-state index in [0.29, 0.717) is 30.3 Å². The van der Waals surface area contributed by atoms with Gasteiger partial charge in [-0.2, -0.15) is 0 Å². The van der Waals surface area contributed by atoms with Gasteiger partial charge in [-0.05, 0) is 36.5 Å². The summed E-state index contributed by atoms with van der Waals surface area (Å²) in [4.78, 5) is 25.0. The molecule has 1 aromatic carbocycles. The summed E-state index contributed by atoms with van der Waals surface area (Å²) in [6, 6.07) is 7.26. The average Bonchev–Trinajstić information content (AvgIpc) is 2.92. The van der Waals surface area contributed by atoms with E-state index in [2.05, 4.69) is 0 Å². The Morgan fingerprint density at radius 3 is 2.87 bits per heavy atom. The van der Waals surface area contributed by atoms with Crippen LogP contribution in [0.5, 0.6) is 5.75 Å². The Kier molecular flexibility index (Phi) is 6.02. The summed E-state index contributed by atoms with van der Waals surface area (Å²) in [7, 11) is 0. The van der Waals surface area contributed by atoms with Crippen molar-refractivity contribution in [2.24, 2.45) is 5.92 Å². The van der Waals surface area contributed by atoms with Gasteiger partial charge >= 0.3 is 5.97 Å². The first-order chi connectivity index (χ1) is 11.0. The number of ether oxygens (including phenoxy) is 1. The summed E-state index contributed by atoms with van der Waals surface area (Å²) in [6.45, 7) is 5.36. The van der Waals surface area contributed by atoms with Crippen LogP contribution in [0, 0.1) is 5.92 Å². The second-order valence-corrected chi connectivity index (χ2v) is 6.51. The fourth-order valence-electron chi connectivity index (χ4n) is 2.92. The van der Waals surface area contributed by atoms with Gasteiger partial charge in [0.15, 0.2) is 0 Å². The standard InChI is InChI=1S/C18H25NO4/c1-13(2)9-17(20)19-8-4-6-15(19)12-23-16-7-3-5-14(10-16)11-18(21)22/h3,5,7,10,13,15H,4,6,8-9,11-12H2,1-2H3,(H,21,22). The van der Waals surface area contributed by atoms with Crippen LogP contribution in [0.3, 0.4) is 0 Å². The Hall–Kier alpha value is -2.04. The molecule has 0 radical (unpaired) electrons. The molecule has 5 nitrogen and oxygen atoms in total. The van der Waals surface area contributed by atoms with Crippen LogP contribution >= 0.6 is 0 Å². The van der Waals surface area contributed by atoms with Crippen LogP contribution in [-0.2, 0) is 16.0 Å². The zero-order valence-electron chi connectivity index (χ0n) is 13.8. The molecular formula is C18H25NO4. The topological polar surface area (TPSA) is 66.8 Å². The molecule has 126 valence electrons. The maximum atomic E-state index is 12.3. The number of carbonyl (C=O) groups is 2. The van der Waals surface area contributed by atoms with Crippen molar-refractivity contribution >= 4 is 11.9 Å². The van der Waals surface area contributed by atoms with Gasteiger partial charge in [0.05, 0.1) is 12.5 Å². The molecule has 1 unspecified atom stereocenters. The summed E-state index contributed by atoms with van der Waals surface area (Å²) in [5.74, 6) is 0.360. The lowest BCUT2D eigenvalue weighted by Gasteiger charge is -2.25. The van der Waals surface area contributed by atoms with Crippen LogP contribution in [-0.4, -0.2) is 41.1 Å². The smallest absolute Gasteiger partial charge is 0.307 e. The van der Waals surface area contributed by atoms with Gasteiger partial charge < -0.3 is 14.7 Å². The van der Waals surface area contributed by atoms with Gasteiger partial charge in [-0.15, -0.1) is 0 Å². The molecule has 23 heavy (non-hydrogen) atoms. The molecule has 0 aromatic heterocycles. The minimum absolute atomic E-state index is 0.0143. The van der Waals surface area contributed by atoms with Gasteiger partial charge in [-0.25, -0.2) is 0 Å². The van der Waals surface area contributed by atoms with Gasteiger partial charge in [-0.3, -0.25) is 9.59 Å². The van der Waals surface area contributed by atoms with E-state index in [1.165, 1.54) is 0 Å². The Balaban J connectivity index is 1.91. The van der Waals surface area contributed by atoms with Crippen molar-refractivity contribution in [2.45, 2.75) is 45.6 Å². The van der Waals surface area contributed by atoms with Gasteiger partial charge in [0, 0.05) is 13.0 Å². The number of hydrogen-bond donors (Lipinski definition) is 1. The zero-order valence-corrected chi connectivity index (χ0v) is 13.8. The number of nitrogens with zero attached hydrogens (tertiary/aromatic N) is 1. The molecule has 1 saturated heterocycles. The Labute approximate surface area is 137 Å². The van der Waals surface area contributed by atoms with E-state index in [1.807, 2.05) is 24.8 Å². The lowest BCUT2D eigenvalue weighted by atomic mass is 10.1. The van der Waals surface area contributed by atoms with Gasteiger partial charge in [0.2, 0.25) is 5.91 Å². The monoisotopic (exact) mass is 319 g/mol. The zero-order chi connectivity index (χ0) is 16.8. The fraction of sp³-hybridized carbons (Fsp3) is 0.556. The molecule has 2 rings (SSSR count). The number of aliphatic carboxylic acids is 1. The highest BCUT2D eigenvalue weighted by molar-refractivity contribution is 5.77. The van der Waals surface area contributed by atoms with E-state index in [-0.39, 0.29) is 18.4 Å². The van der Waals surface area contributed by atoms with Gasteiger partial charge in [-0.1, -0.05) is 26.0 Å². The first-order valence-corrected chi connectivity index (χ1v) is 8.18. The van der Waals surface area contributed by atoms with Crippen molar-refractivity contribution in [1.82, 2.24) is 4.90 Å². The van der Waals surface area contributed by atoms with Crippen molar-refractivity contribution in [3.05, 3.63) is 29.8 Å². The second-order valence-electron chi connectivity index (χ2n) is 6.51. The summed E-state index contributed by atoms with van der Waals surface area (Å²) < 4.78 is 5.81. The first-order valence-electron chi connectivity index (χ1n) is 8.18. The first kappa shape index (κ1) is 17.3. The second kappa shape index (κ2) is 7.99. The van der Waals surface area contributed by atoms with Crippen molar-refractivity contribution in [3.63, 3.8) is 0 Å². The number of rotatable bonds is 7. The molecule has 1 heterocycles. The lowest BCUT2D eigenvalue weighted by Crippen LogP contribution is -2.39. The van der Waals surface area contributed by atoms with E-state index in [4.69, 9.17) is 9.84 Å². The number of carboxylic acid groups (broad SMARTS) is 1. The fourth-order valence-corrected chi connectivity index (χ4v) is 2.92. The van der Waals surface area contributed by atoms with Crippen molar-refractivity contribution in [1.29, 1.82) is 0 Å². The number of hydrogen-bond acceptors (Lipinski definition) is 3. The molecule has 0 aliphatic carbocycles. The van der Waals surface area contributed by atoms with E-state index < -0.39 is 5.97 Å². The minimum atomic E-state index is -0.858. The highest BCUT2D eigenvalue weighted by Gasteiger charge is 2.29. The van der Waals surface area contributed by atoms with Crippen LogP contribution in [0.25, 0.3) is 0 Å². The Morgan fingerprint density at radius 1 is 1.39 bits per heavy atom. The number of carbonyl (C=O) groups excluding carboxylic acids is 1. The molecule has 1 aliphatic rings. The molecule has 1 atom stereocenters. The summed E-state index contributed by atoms with van der Waals surface area (Å²) >= 11 is 0. The number of benzene rings is 1. The molecule has 5 heteroatoms. The number of carboxylic acids is 1. The normalized spacial score (nSPS) is 17.5. The number of likely N-dealkylation sites (tertiary alicyclic amines) is 1. The highest BCUT2D eigenvalue weighted by Crippen LogP contribution is 2.22. The van der Waals surface area contributed by atoms with Gasteiger partial charge in [0.1, 0.15) is 12.4 Å². The minimum Gasteiger partial charge on any atom is -0.491 e. The molecule has 0 bridgehead atoms. The molecule has 0 saturated carbocycles. The molecule has 1 aliphatic heterocycles. The molecule has 1 amide bonds. The van der Waals surface area contributed by atoms with E-state index in [0.717, 1.165) is 19.4 Å². The Morgan fingerprint density at radius 2 is 2.17 bits per heavy atom. The van der Waals surface area contributed by atoms with Crippen LogP contribution in [0.2, 0.25) is 0 Å². The van der Waals surface area contributed by atoms with Gasteiger partial charge in [0.25, 0.3) is 0 Å². The SMILES string of the molecule is CC(C)CC(=O)N1CCCC1COc1cccc(CC(=O)O)c1. The summed E-state index contributed by atoms with van der Waals surface area (Å²) in [5, 5.41) is 8.84. The van der Waals surface area contributed by atoms with Crippen LogP contribution in [0.4, 0.5) is 0 Å². The summed E-state index contributed by atoms with van der Waals surface area (Å²) in [6.07, 6.45) is 2.53. The quantitative estimate of drug-likeness (QED) is 0.839. The predicted octanol–water partition coefficient (Wildman–Crippen LogP) is 2.73. The van der Waals surface area contributed by atoms with Crippen LogP contribution in [0.1, 0.15) is 38.7 Å². The molecule has 1 fully saturated rings. The molecule has 0 spiro atoms. The molecule has 1 N–H and O–H groups in total. The largest absolute Gasteiger partial charge is 0.491 e. The van der Waals surface area contributed by atoms with Crippen molar-refractivity contribution in [2.75, 3.05) is 13.2 Å². The van der Waals surface area contributed by atoms with Crippen LogP contribution < -0.4 is 4.74 Å². The van der Waals surface area contributed by atoms with Crippen LogP contribution in [0.15, 0.2) is 24.3 Å². The predicted molar refractivity (Wildman–Crippen MR) is 87.5 cm³/mol. The third kappa shape index (κ3) is 5.27. The maximum absolute atomic E-state index is 12.3. The summed E-state index contributed by atoms with van der Waals surface area (Å²) in [5.41, 5.74) is 0.717.